The summed E-state index contributed by atoms with van der Waals surface area (Å²) in [5.41, 5.74) is 3.26. The zero-order valence-electron chi connectivity index (χ0n) is 13.3. The molecule has 0 amide bonds. The standard InChI is InChI=1S/C18H20N2O2/c1-11(2)17-16(20(21)22)10-9-15-18(17)13-7-5-6-8-14(13)19(15)12(3)4/h5-12H,1-4H3. The molecule has 1 aromatic heterocycles. The number of rotatable bonds is 3. The summed E-state index contributed by atoms with van der Waals surface area (Å²) in [5, 5.41) is 13.6. The first-order valence-electron chi connectivity index (χ1n) is 7.63. The summed E-state index contributed by atoms with van der Waals surface area (Å²) >= 11 is 0. The Morgan fingerprint density at radius 1 is 1.00 bits per heavy atom. The fourth-order valence-electron chi connectivity index (χ4n) is 3.41. The summed E-state index contributed by atoms with van der Waals surface area (Å²) in [4.78, 5) is 11.2. The molecular weight excluding hydrogens is 276 g/mol. The van der Waals surface area contributed by atoms with Crippen molar-refractivity contribution < 1.29 is 4.92 Å². The summed E-state index contributed by atoms with van der Waals surface area (Å²) in [5.74, 6) is 0.0931. The molecule has 0 aliphatic rings. The molecule has 0 atom stereocenters. The summed E-state index contributed by atoms with van der Waals surface area (Å²) < 4.78 is 2.26. The maximum atomic E-state index is 11.4. The topological polar surface area (TPSA) is 48.1 Å². The average molecular weight is 296 g/mol. The van der Waals surface area contributed by atoms with E-state index in [1.807, 2.05) is 32.0 Å². The van der Waals surface area contributed by atoms with Crippen LogP contribution in [0.4, 0.5) is 5.69 Å². The average Bonchev–Trinajstić information content (AvgIpc) is 2.80. The molecule has 22 heavy (non-hydrogen) atoms. The molecule has 3 rings (SSSR count). The van der Waals surface area contributed by atoms with Gasteiger partial charge in [-0.2, -0.15) is 0 Å². The second-order valence-corrected chi connectivity index (χ2v) is 6.29. The Kier molecular flexibility index (Phi) is 3.39. The molecule has 3 aromatic rings. The largest absolute Gasteiger partial charge is 0.338 e. The number of nitro benzene ring substituents is 1. The van der Waals surface area contributed by atoms with E-state index in [-0.39, 0.29) is 16.5 Å². The van der Waals surface area contributed by atoms with E-state index in [1.54, 1.807) is 6.07 Å². The number of nitrogens with zero attached hydrogens (tertiary/aromatic N) is 2. The van der Waals surface area contributed by atoms with Crippen LogP contribution < -0.4 is 0 Å². The Morgan fingerprint density at radius 2 is 1.68 bits per heavy atom. The Morgan fingerprint density at radius 3 is 2.27 bits per heavy atom. The Labute approximate surface area is 129 Å². The fraction of sp³-hybridized carbons (Fsp3) is 0.333. The molecule has 114 valence electrons. The Hall–Kier alpha value is -2.36. The molecule has 0 unspecified atom stereocenters. The van der Waals surface area contributed by atoms with Gasteiger partial charge in [-0.3, -0.25) is 10.1 Å². The first kappa shape index (κ1) is 14.6. The van der Waals surface area contributed by atoms with Gasteiger partial charge in [0.15, 0.2) is 0 Å². The molecule has 0 spiro atoms. The van der Waals surface area contributed by atoms with Crippen LogP contribution in [0.3, 0.4) is 0 Å². The number of hydrogen-bond acceptors (Lipinski definition) is 2. The van der Waals surface area contributed by atoms with Crippen LogP contribution in [0.5, 0.6) is 0 Å². The molecule has 4 nitrogen and oxygen atoms in total. The predicted molar refractivity (Wildman–Crippen MR) is 90.6 cm³/mol. The molecule has 0 N–H and O–H groups in total. The molecule has 2 aromatic carbocycles. The highest BCUT2D eigenvalue weighted by atomic mass is 16.6. The maximum absolute atomic E-state index is 11.4. The van der Waals surface area contributed by atoms with E-state index >= 15 is 0 Å². The zero-order valence-corrected chi connectivity index (χ0v) is 13.3. The van der Waals surface area contributed by atoms with Gasteiger partial charge in [-0.1, -0.05) is 32.0 Å². The van der Waals surface area contributed by atoms with E-state index in [4.69, 9.17) is 0 Å². The molecule has 1 heterocycles. The second-order valence-electron chi connectivity index (χ2n) is 6.29. The number of hydrogen-bond donors (Lipinski definition) is 0. The van der Waals surface area contributed by atoms with Crippen molar-refractivity contribution >= 4 is 27.5 Å². The van der Waals surface area contributed by atoms with Gasteiger partial charge in [-0.05, 0) is 31.9 Å². The fourth-order valence-corrected chi connectivity index (χ4v) is 3.41. The van der Waals surface area contributed by atoms with Crippen LogP contribution in [0.2, 0.25) is 0 Å². The minimum Gasteiger partial charge on any atom is -0.338 e. The van der Waals surface area contributed by atoms with Crippen molar-refractivity contribution in [2.45, 2.75) is 39.7 Å². The first-order valence-corrected chi connectivity index (χ1v) is 7.63. The molecule has 0 fully saturated rings. The van der Waals surface area contributed by atoms with E-state index < -0.39 is 0 Å². The summed E-state index contributed by atoms with van der Waals surface area (Å²) in [7, 11) is 0. The van der Waals surface area contributed by atoms with E-state index in [9.17, 15) is 10.1 Å². The number of para-hydroxylation sites is 1. The van der Waals surface area contributed by atoms with Crippen LogP contribution in [0.15, 0.2) is 36.4 Å². The number of fused-ring (bicyclic) bond motifs is 3. The minimum absolute atomic E-state index is 0.0931. The van der Waals surface area contributed by atoms with Crippen LogP contribution in [-0.4, -0.2) is 9.49 Å². The van der Waals surface area contributed by atoms with Gasteiger partial charge in [-0.25, -0.2) is 0 Å². The van der Waals surface area contributed by atoms with Crippen LogP contribution in [0, 0.1) is 10.1 Å². The monoisotopic (exact) mass is 296 g/mol. The third-order valence-electron chi connectivity index (χ3n) is 4.18. The number of nitro groups is 1. The third-order valence-corrected chi connectivity index (χ3v) is 4.18. The van der Waals surface area contributed by atoms with Crippen LogP contribution in [-0.2, 0) is 0 Å². The van der Waals surface area contributed by atoms with Crippen LogP contribution >= 0.6 is 0 Å². The summed E-state index contributed by atoms with van der Waals surface area (Å²) in [6.45, 7) is 8.32. The van der Waals surface area contributed by atoms with E-state index in [0.29, 0.717) is 6.04 Å². The van der Waals surface area contributed by atoms with Crippen molar-refractivity contribution in [1.82, 2.24) is 4.57 Å². The lowest BCUT2D eigenvalue weighted by atomic mass is 9.95. The second kappa shape index (κ2) is 5.13. The van der Waals surface area contributed by atoms with Gasteiger partial charge < -0.3 is 4.57 Å². The quantitative estimate of drug-likeness (QED) is 0.479. The SMILES string of the molecule is CC(C)c1c([N+](=O)[O-])ccc2c1c1ccccc1n2C(C)C. The predicted octanol–water partition coefficient (Wildman–Crippen LogP) is 5.41. The number of aromatic nitrogens is 1. The normalized spacial score (nSPS) is 11.9. The van der Waals surface area contributed by atoms with Crippen molar-refractivity contribution in [2.75, 3.05) is 0 Å². The van der Waals surface area contributed by atoms with Crippen molar-refractivity contribution in [3.63, 3.8) is 0 Å². The van der Waals surface area contributed by atoms with Gasteiger partial charge in [0.05, 0.1) is 10.4 Å². The van der Waals surface area contributed by atoms with Gasteiger partial charge in [-0.15, -0.1) is 0 Å². The highest BCUT2D eigenvalue weighted by Crippen LogP contribution is 2.40. The van der Waals surface area contributed by atoms with Gasteiger partial charge in [0.25, 0.3) is 5.69 Å². The van der Waals surface area contributed by atoms with Gasteiger partial charge in [0, 0.05) is 34.0 Å². The lowest BCUT2D eigenvalue weighted by Crippen LogP contribution is -2.01. The summed E-state index contributed by atoms with van der Waals surface area (Å²) in [6.07, 6.45) is 0. The van der Waals surface area contributed by atoms with Crippen LogP contribution in [0.25, 0.3) is 21.8 Å². The maximum Gasteiger partial charge on any atom is 0.273 e. The molecule has 0 aliphatic heterocycles. The van der Waals surface area contributed by atoms with Crippen molar-refractivity contribution in [2.24, 2.45) is 0 Å². The highest BCUT2D eigenvalue weighted by Gasteiger charge is 2.24. The number of benzene rings is 2. The lowest BCUT2D eigenvalue weighted by Gasteiger charge is -2.13. The zero-order chi connectivity index (χ0) is 16.0. The molecule has 4 heteroatoms. The van der Waals surface area contributed by atoms with E-state index in [1.165, 1.54) is 0 Å². The van der Waals surface area contributed by atoms with E-state index in [2.05, 4.69) is 30.5 Å². The molecule has 0 aliphatic carbocycles. The van der Waals surface area contributed by atoms with Crippen molar-refractivity contribution in [1.29, 1.82) is 0 Å². The van der Waals surface area contributed by atoms with E-state index in [0.717, 1.165) is 27.4 Å². The Balaban J connectivity index is 2.59. The van der Waals surface area contributed by atoms with Gasteiger partial charge >= 0.3 is 0 Å². The molecule has 0 saturated heterocycles. The lowest BCUT2D eigenvalue weighted by molar-refractivity contribution is -0.385. The molecule has 0 saturated carbocycles. The highest BCUT2D eigenvalue weighted by molar-refractivity contribution is 6.11. The third kappa shape index (κ3) is 1.98. The minimum atomic E-state index is -0.268. The Bertz CT molecular complexity index is 876. The van der Waals surface area contributed by atoms with Crippen molar-refractivity contribution in [3.05, 3.63) is 52.1 Å². The van der Waals surface area contributed by atoms with Crippen molar-refractivity contribution in [3.8, 4) is 0 Å². The van der Waals surface area contributed by atoms with Gasteiger partial charge in [0.2, 0.25) is 0 Å². The van der Waals surface area contributed by atoms with Gasteiger partial charge in [0.1, 0.15) is 0 Å². The van der Waals surface area contributed by atoms with Crippen LogP contribution in [0.1, 0.15) is 45.2 Å². The molecular formula is C18H20N2O2. The summed E-state index contributed by atoms with van der Waals surface area (Å²) in [6, 6.07) is 12.0. The first-order chi connectivity index (χ1) is 10.4. The molecule has 0 bridgehead atoms. The molecule has 0 radical (unpaired) electrons. The smallest absolute Gasteiger partial charge is 0.273 e.